The minimum atomic E-state index is 0.504. The molecule has 0 radical (unpaired) electrons. The summed E-state index contributed by atoms with van der Waals surface area (Å²) in [5.74, 6) is 0.862. The first kappa shape index (κ1) is 14.5. The normalized spacial score (nSPS) is 20.9. The van der Waals surface area contributed by atoms with E-state index >= 15 is 0 Å². The van der Waals surface area contributed by atoms with Gasteiger partial charge in [0, 0.05) is 17.6 Å². The van der Waals surface area contributed by atoms with Crippen LogP contribution in [-0.2, 0) is 0 Å². The first-order chi connectivity index (χ1) is 9.22. The fourth-order valence-corrected chi connectivity index (χ4v) is 2.80. The van der Waals surface area contributed by atoms with Gasteiger partial charge in [-0.15, -0.1) is 0 Å². The predicted molar refractivity (Wildman–Crippen MR) is 81.4 cm³/mol. The first-order valence-electron chi connectivity index (χ1n) is 7.05. The number of methoxy groups -OCH3 is 1. The molecule has 0 spiro atoms. The summed E-state index contributed by atoms with van der Waals surface area (Å²) < 4.78 is 5.38. The molecule has 1 saturated heterocycles. The highest BCUT2D eigenvalue weighted by molar-refractivity contribution is 6.30. The highest BCUT2D eigenvalue weighted by atomic mass is 35.5. The van der Waals surface area contributed by atoms with Crippen LogP contribution in [0.4, 0.5) is 5.69 Å². The number of nitrogens with zero attached hydrogens (tertiary/aromatic N) is 1. The summed E-state index contributed by atoms with van der Waals surface area (Å²) in [6, 6.07) is 6.23. The van der Waals surface area contributed by atoms with Gasteiger partial charge >= 0.3 is 0 Å². The molecule has 1 aromatic carbocycles. The third-order valence-corrected chi connectivity index (χ3v) is 4.02. The second-order valence-corrected chi connectivity index (χ2v) is 5.49. The number of anilines is 1. The van der Waals surface area contributed by atoms with Gasteiger partial charge in [0.25, 0.3) is 0 Å². The predicted octanol–water partition coefficient (Wildman–Crippen LogP) is 3.63. The van der Waals surface area contributed by atoms with Gasteiger partial charge in [-0.2, -0.15) is 0 Å². The van der Waals surface area contributed by atoms with Crippen molar-refractivity contribution in [2.75, 3.05) is 32.1 Å². The lowest BCUT2D eigenvalue weighted by molar-refractivity contribution is 0.300. The minimum absolute atomic E-state index is 0.504. The Labute approximate surface area is 120 Å². The molecule has 0 bridgehead atoms. The molecule has 1 unspecified atom stereocenters. The maximum absolute atomic E-state index is 6.07. The van der Waals surface area contributed by atoms with Crippen LogP contribution in [-0.4, -0.2) is 37.7 Å². The van der Waals surface area contributed by atoms with Crippen LogP contribution in [0.15, 0.2) is 18.2 Å². The lowest BCUT2D eigenvalue weighted by Gasteiger charge is -2.20. The summed E-state index contributed by atoms with van der Waals surface area (Å²) in [4.78, 5) is 2.51. The van der Waals surface area contributed by atoms with Crippen LogP contribution in [0.25, 0.3) is 0 Å². The van der Waals surface area contributed by atoms with Crippen molar-refractivity contribution < 1.29 is 4.74 Å². The Balaban J connectivity index is 2.02. The molecule has 1 fully saturated rings. The van der Waals surface area contributed by atoms with E-state index in [9.17, 15) is 0 Å². The van der Waals surface area contributed by atoms with Crippen molar-refractivity contribution in [2.24, 2.45) is 0 Å². The molecule has 3 nitrogen and oxygen atoms in total. The Bertz CT molecular complexity index is 411. The van der Waals surface area contributed by atoms with E-state index in [-0.39, 0.29) is 0 Å². The van der Waals surface area contributed by atoms with Crippen molar-refractivity contribution in [1.29, 1.82) is 0 Å². The van der Waals surface area contributed by atoms with Crippen molar-refractivity contribution in [3.05, 3.63) is 23.2 Å². The summed E-state index contributed by atoms with van der Waals surface area (Å²) >= 11 is 6.07. The Morgan fingerprint density at radius 3 is 2.95 bits per heavy atom. The number of likely N-dealkylation sites (tertiary alicyclic amines) is 1. The van der Waals surface area contributed by atoms with Gasteiger partial charge in [-0.05, 0) is 50.6 Å². The van der Waals surface area contributed by atoms with Crippen LogP contribution in [0.3, 0.4) is 0 Å². The molecule has 1 aliphatic rings. The van der Waals surface area contributed by atoms with Gasteiger partial charge in [0.1, 0.15) is 5.75 Å². The number of halogens is 1. The maximum Gasteiger partial charge on any atom is 0.142 e. The van der Waals surface area contributed by atoms with Gasteiger partial charge in [-0.25, -0.2) is 0 Å². The smallest absolute Gasteiger partial charge is 0.142 e. The van der Waals surface area contributed by atoms with E-state index < -0.39 is 0 Å². The van der Waals surface area contributed by atoms with E-state index in [4.69, 9.17) is 16.3 Å². The van der Waals surface area contributed by atoms with Gasteiger partial charge in [-0.3, -0.25) is 0 Å². The fraction of sp³-hybridized carbons (Fsp3) is 0.600. The third kappa shape index (κ3) is 4.02. The average molecular weight is 283 g/mol. The lowest BCUT2D eigenvalue weighted by Crippen LogP contribution is -2.26. The van der Waals surface area contributed by atoms with E-state index in [1.807, 2.05) is 18.2 Å². The molecule has 0 aromatic heterocycles. The summed E-state index contributed by atoms with van der Waals surface area (Å²) in [7, 11) is 1.69. The quantitative estimate of drug-likeness (QED) is 0.913. The molecule has 1 aromatic rings. The van der Waals surface area contributed by atoms with Crippen LogP contribution in [0, 0.1) is 0 Å². The first-order valence-corrected chi connectivity index (χ1v) is 7.43. The minimum Gasteiger partial charge on any atom is -0.495 e. The molecule has 4 heteroatoms. The van der Waals surface area contributed by atoms with Crippen LogP contribution in [0.5, 0.6) is 5.75 Å². The number of rotatable bonds is 4. The van der Waals surface area contributed by atoms with E-state index in [2.05, 4.69) is 17.1 Å². The molecule has 0 saturated carbocycles. The molecule has 1 heterocycles. The second kappa shape index (κ2) is 7.01. The molecule has 0 aliphatic carbocycles. The SMILES string of the molecule is CCN1CCCC(Nc2cc(Cl)ccc2OC)CC1. The summed E-state index contributed by atoms with van der Waals surface area (Å²) in [6.07, 6.45) is 3.62. The van der Waals surface area contributed by atoms with Crippen molar-refractivity contribution in [2.45, 2.75) is 32.2 Å². The number of nitrogens with one attached hydrogen (secondary N) is 1. The van der Waals surface area contributed by atoms with E-state index in [1.165, 1.54) is 25.8 Å². The van der Waals surface area contributed by atoms with Crippen LogP contribution >= 0.6 is 11.6 Å². The van der Waals surface area contributed by atoms with Crippen molar-refractivity contribution in [1.82, 2.24) is 4.90 Å². The van der Waals surface area contributed by atoms with Crippen molar-refractivity contribution in [3.63, 3.8) is 0 Å². The molecule has 1 N–H and O–H groups in total. The van der Waals surface area contributed by atoms with E-state index in [0.717, 1.165) is 29.5 Å². The van der Waals surface area contributed by atoms with Gasteiger partial charge < -0.3 is 15.0 Å². The number of ether oxygens (including phenoxy) is 1. The van der Waals surface area contributed by atoms with Crippen molar-refractivity contribution in [3.8, 4) is 5.75 Å². The molecule has 1 atom stereocenters. The van der Waals surface area contributed by atoms with Gasteiger partial charge in [-0.1, -0.05) is 18.5 Å². The molecule has 2 rings (SSSR count). The highest BCUT2D eigenvalue weighted by Gasteiger charge is 2.17. The summed E-state index contributed by atoms with van der Waals surface area (Å²) in [5.41, 5.74) is 1.00. The number of benzene rings is 1. The van der Waals surface area contributed by atoms with Crippen molar-refractivity contribution >= 4 is 17.3 Å². The zero-order valence-corrected chi connectivity index (χ0v) is 12.5. The fourth-order valence-electron chi connectivity index (χ4n) is 2.63. The van der Waals surface area contributed by atoms with Gasteiger partial charge in [0.15, 0.2) is 0 Å². The Hall–Kier alpha value is -0.930. The average Bonchev–Trinajstić information content (AvgIpc) is 2.64. The molecule has 1 aliphatic heterocycles. The molecular weight excluding hydrogens is 260 g/mol. The third-order valence-electron chi connectivity index (χ3n) is 3.79. The Morgan fingerprint density at radius 1 is 1.37 bits per heavy atom. The standard InChI is InChI=1S/C15H23ClN2O/c1-3-18-9-4-5-13(8-10-18)17-14-11-12(16)6-7-15(14)19-2/h6-7,11,13,17H,3-5,8-10H2,1-2H3. The molecular formula is C15H23ClN2O. The molecule has 0 amide bonds. The summed E-state index contributed by atoms with van der Waals surface area (Å²) in [6.45, 7) is 5.75. The zero-order valence-electron chi connectivity index (χ0n) is 11.8. The Morgan fingerprint density at radius 2 is 2.21 bits per heavy atom. The van der Waals surface area contributed by atoms with Crippen LogP contribution in [0.2, 0.25) is 5.02 Å². The lowest BCUT2D eigenvalue weighted by atomic mass is 10.1. The Kier molecular flexibility index (Phi) is 5.34. The molecule has 19 heavy (non-hydrogen) atoms. The second-order valence-electron chi connectivity index (χ2n) is 5.05. The number of hydrogen-bond acceptors (Lipinski definition) is 3. The molecule has 106 valence electrons. The zero-order chi connectivity index (χ0) is 13.7. The van der Waals surface area contributed by atoms with E-state index in [1.54, 1.807) is 7.11 Å². The highest BCUT2D eigenvalue weighted by Crippen LogP contribution is 2.29. The topological polar surface area (TPSA) is 24.5 Å². The number of hydrogen-bond donors (Lipinski definition) is 1. The maximum atomic E-state index is 6.07. The van der Waals surface area contributed by atoms with Crippen LogP contribution < -0.4 is 10.1 Å². The van der Waals surface area contributed by atoms with Gasteiger partial charge in [0.2, 0.25) is 0 Å². The van der Waals surface area contributed by atoms with Gasteiger partial charge in [0.05, 0.1) is 12.8 Å². The summed E-state index contributed by atoms with van der Waals surface area (Å²) in [5, 5.41) is 4.33. The van der Waals surface area contributed by atoms with Crippen LogP contribution in [0.1, 0.15) is 26.2 Å². The monoisotopic (exact) mass is 282 g/mol. The largest absolute Gasteiger partial charge is 0.495 e. The van der Waals surface area contributed by atoms with E-state index in [0.29, 0.717) is 6.04 Å².